The molecule has 0 aliphatic rings. The highest BCUT2D eigenvalue weighted by atomic mass is 16.5. The molecule has 0 fully saturated rings. The molecule has 7 heteroatoms. The molecule has 30 heavy (non-hydrogen) atoms. The Morgan fingerprint density at radius 1 is 1.20 bits per heavy atom. The summed E-state index contributed by atoms with van der Waals surface area (Å²) in [7, 11) is 1.69. The number of benzene rings is 1. The van der Waals surface area contributed by atoms with Gasteiger partial charge in [-0.05, 0) is 47.4 Å². The zero-order chi connectivity index (χ0) is 21.2. The highest BCUT2D eigenvalue weighted by Gasteiger charge is 2.05. The first-order valence-corrected chi connectivity index (χ1v) is 9.33. The number of pyridine rings is 1. The minimum Gasteiger partial charge on any atom is -0.487 e. The number of nitrogens with zero attached hydrogens (tertiary/aromatic N) is 3. The van der Waals surface area contributed by atoms with E-state index in [0.717, 1.165) is 22.4 Å². The quantitative estimate of drug-likeness (QED) is 0.321. The monoisotopic (exact) mass is 402 g/mol. The summed E-state index contributed by atoms with van der Waals surface area (Å²) < 4.78 is 5.89. The summed E-state index contributed by atoms with van der Waals surface area (Å²) in [6.07, 6.45) is 11.2. The molecule has 0 aliphatic heterocycles. The average Bonchev–Trinajstić information content (AvgIpc) is 3.26. The van der Waals surface area contributed by atoms with E-state index in [2.05, 4.69) is 26.2 Å². The van der Waals surface area contributed by atoms with E-state index in [0.29, 0.717) is 18.8 Å². The Bertz CT molecular complexity index is 1050. The molecule has 2 heterocycles. The molecule has 0 bridgehead atoms. The van der Waals surface area contributed by atoms with Gasteiger partial charge in [-0.15, -0.1) is 0 Å². The van der Waals surface area contributed by atoms with Gasteiger partial charge in [0.1, 0.15) is 18.1 Å². The van der Waals surface area contributed by atoms with Crippen LogP contribution in [0.15, 0.2) is 77.8 Å². The molecule has 0 unspecified atom stereocenters. The molecule has 152 valence electrons. The molecule has 7 nitrogen and oxygen atoms in total. The van der Waals surface area contributed by atoms with Crippen molar-refractivity contribution in [3.05, 3.63) is 101 Å². The topological polar surface area (TPSA) is 100 Å². The number of aliphatic imine (C=N–C) groups is 1. The van der Waals surface area contributed by atoms with Gasteiger partial charge in [0.15, 0.2) is 0 Å². The largest absolute Gasteiger partial charge is 0.487 e. The number of hydrogen-bond acceptors (Lipinski definition) is 5. The van der Waals surface area contributed by atoms with Gasteiger partial charge in [0.25, 0.3) is 0 Å². The molecule has 2 aromatic heterocycles. The van der Waals surface area contributed by atoms with Gasteiger partial charge >= 0.3 is 5.97 Å². The number of aromatic amines is 1. The van der Waals surface area contributed by atoms with Crippen LogP contribution in [-0.4, -0.2) is 39.5 Å². The number of hydrogen-bond donors (Lipinski definition) is 2. The van der Waals surface area contributed by atoms with Gasteiger partial charge in [-0.1, -0.05) is 36.4 Å². The molecule has 0 radical (unpaired) electrons. The molecule has 0 spiro atoms. The van der Waals surface area contributed by atoms with Crippen molar-refractivity contribution in [2.75, 3.05) is 7.05 Å². The summed E-state index contributed by atoms with van der Waals surface area (Å²) in [5.74, 6) is -0.383. The number of aromatic carboxylic acids is 1. The van der Waals surface area contributed by atoms with Crippen molar-refractivity contribution in [1.82, 2.24) is 15.2 Å². The van der Waals surface area contributed by atoms with Crippen molar-refractivity contribution >= 4 is 18.3 Å². The fourth-order valence-electron chi connectivity index (χ4n) is 2.75. The van der Waals surface area contributed by atoms with Crippen LogP contribution in [0.25, 0.3) is 6.08 Å². The number of carboxylic acids is 1. The zero-order valence-corrected chi connectivity index (χ0v) is 16.5. The fraction of sp³-hybridized carbons (Fsp3) is 0.130. The molecule has 0 aliphatic carbocycles. The van der Waals surface area contributed by atoms with Crippen molar-refractivity contribution in [3.63, 3.8) is 0 Å². The van der Waals surface area contributed by atoms with Crippen LogP contribution in [0.2, 0.25) is 0 Å². The second-order valence-electron chi connectivity index (χ2n) is 6.47. The molecule has 3 aromatic rings. The standard InChI is InChI=1S/C23H22N4O3/c1-24-15-21(7-3-6-20-10-11-26-27-20)30-16-19-5-2-4-17(13-19)12-18-8-9-22(23(28)29)25-14-18/h2-11,13-15H,12,16H2,1H3,(H,26,27)(H,28,29)/b6-3+,21-7+,24-15?. The van der Waals surface area contributed by atoms with Crippen LogP contribution < -0.4 is 0 Å². The molecule has 0 saturated heterocycles. The maximum absolute atomic E-state index is 10.9. The molecular formula is C23H22N4O3. The summed E-state index contributed by atoms with van der Waals surface area (Å²) in [4.78, 5) is 18.9. The Labute approximate surface area is 174 Å². The van der Waals surface area contributed by atoms with Gasteiger partial charge in [-0.25, -0.2) is 9.78 Å². The van der Waals surface area contributed by atoms with E-state index in [-0.39, 0.29) is 5.69 Å². The molecule has 1 aromatic carbocycles. The third-order valence-corrected chi connectivity index (χ3v) is 4.16. The Morgan fingerprint density at radius 3 is 2.77 bits per heavy atom. The number of rotatable bonds is 9. The van der Waals surface area contributed by atoms with Crippen LogP contribution in [-0.2, 0) is 17.8 Å². The summed E-state index contributed by atoms with van der Waals surface area (Å²) in [5.41, 5.74) is 4.00. The summed E-state index contributed by atoms with van der Waals surface area (Å²) >= 11 is 0. The lowest BCUT2D eigenvalue weighted by Gasteiger charge is -2.08. The van der Waals surface area contributed by atoms with Gasteiger partial charge in [-0.3, -0.25) is 10.1 Å². The number of aromatic nitrogens is 3. The number of carboxylic acid groups (broad SMARTS) is 1. The minimum atomic E-state index is -1.03. The molecule has 3 rings (SSSR count). The lowest BCUT2D eigenvalue weighted by atomic mass is 10.0. The summed E-state index contributed by atoms with van der Waals surface area (Å²) in [5, 5.41) is 15.7. The van der Waals surface area contributed by atoms with E-state index in [1.165, 1.54) is 6.07 Å². The normalized spacial score (nSPS) is 12.0. The Kier molecular flexibility index (Phi) is 7.27. The number of H-pyrrole nitrogens is 1. The van der Waals surface area contributed by atoms with Crippen LogP contribution in [0.1, 0.15) is 32.9 Å². The predicted octanol–water partition coefficient (Wildman–Crippen LogP) is 3.91. The van der Waals surface area contributed by atoms with Gasteiger partial charge in [0.05, 0.1) is 11.9 Å². The Hall–Kier alpha value is -4.00. The summed E-state index contributed by atoms with van der Waals surface area (Å²) in [6, 6.07) is 13.2. The highest BCUT2D eigenvalue weighted by Crippen LogP contribution is 2.13. The molecule has 0 saturated carbocycles. The van der Waals surface area contributed by atoms with Gasteiger partial charge in [0.2, 0.25) is 0 Å². The van der Waals surface area contributed by atoms with Crippen molar-refractivity contribution in [2.24, 2.45) is 4.99 Å². The minimum absolute atomic E-state index is 0.0411. The van der Waals surface area contributed by atoms with E-state index < -0.39 is 5.97 Å². The first kappa shape index (κ1) is 20.7. The number of carbonyl (C=O) groups is 1. The number of nitrogens with one attached hydrogen (secondary N) is 1. The highest BCUT2D eigenvalue weighted by molar-refractivity contribution is 5.85. The molecule has 0 amide bonds. The first-order valence-electron chi connectivity index (χ1n) is 9.33. The van der Waals surface area contributed by atoms with Crippen LogP contribution in [0.4, 0.5) is 0 Å². The third-order valence-electron chi connectivity index (χ3n) is 4.16. The Morgan fingerprint density at radius 2 is 2.07 bits per heavy atom. The van der Waals surface area contributed by atoms with Gasteiger partial charge < -0.3 is 9.84 Å². The number of allylic oxidation sites excluding steroid dienone is 3. The SMILES string of the molecule is CN=C/C(=C\C=C\c1ccn[nH]1)OCc1cccc(Cc2ccc(C(=O)O)nc2)c1. The maximum Gasteiger partial charge on any atom is 0.354 e. The van der Waals surface area contributed by atoms with E-state index >= 15 is 0 Å². The van der Waals surface area contributed by atoms with E-state index in [1.807, 2.05) is 42.5 Å². The second kappa shape index (κ2) is 10.5. The average molecular weight is 402 g/mol. The van der Waals surface area contributed by atoms with Gasteiger partial charge in [-0.2, -0.15) is 5.10 Å². The van der Waals surface area contributed by atoms with Crippen molar-refractivity contribution in [3.8, 4) is 0 Å². The van der Waals surface area contributed by atoms with Crippen LogP contribution in [0, 0.1) is 0 Å². The summed E-state index contributed by atoms with van der Waals surface area (Å²) in [6.45, 7) is 0.403. The molecule has 2 N–H and O–H groups in total. The smallest absolute Gasteiger partial charge is 0.354 e. The predicted molar refractivity (Wildman–Crippen MR) is 115 cm³/mol. The van der Waals surface area contributed by atoms with Crippen LogP contribution in [0.3, 0.4) is 0 Å². The van der Waals surface area contributed by atoms with E-state index in [1.54, 1.807) is 31.7 Å². The zero-order valence-electron chi connectivity index (χ0n) is 16.5. The van der Waals surface area contributed by atoms with Gasteiger partial charge in [0, 0.05) is 19.4 Å². The van der Waals surface area contributed by atoms with E-state index in [4.69, 9.17) is 9.84 Å². The fourth-order valence-corrected chi connectivity index (χ4v) is 2.75. The lowest BCUT2D eigenvalue weighted by molar-refractivity contribution is 0.0690. The van der Waals surface area contributed by atoms with Crippen LogP contribution in [0.5, 0.6) is 0 Å². The van der Waals surface area contributed by atoms with E-state index in [9.17, 15) is 4.79 Å². The maximum atomic E-state index is 10.9. The second-order valence-corrected chi connectivity index (χ2v) is 6.47. The Balaban J connectivity index is 1.62. The molecule has 0 atom stereocenters. The third kappa shape index (κ3) is 6.27. The van der Waals surface area contributed by atoms with Crippen molar-refractivity contribution in [2.45, 2.75) is 13.0 Å². The first-order chi connectivity index (χ1) is 14.6. The lowest BCUT2D eigenvalue weighted by Crippen LogP contribution is -2.01. The van der Waals surface area contributed by atoms with Crippen molar-refractivity contribution < 1.29 is 14.6 Å². The van der Waals surface area contributed by atoms with Crippen LogP contribution >= 0.6 is 0 Å². The van der Waals surface area contributed by atoms with Crippen molar-refractivity contribution in [1.29, 1.82) is 0 Å². The molecular weight excluding hydrogens is 380 g/mol. The number of ether oxygens (including phenoxy) is 1.